The van der Waals surface area contributed by atoms with Gasteiger partial charge in [-0.3, -0.25) is 4.79 Å². The van der Waals surface area contributed by atoms with Gasteiger partial charge in [0.05, 0.1) is 5.57 Å². The first-order chi connectivity index (χ1) is 19.1. The second-order valence-corrected chi connectivity index (χ2v) is 11.0. The minimum atomic E-state index is -0.385. The maximum atomic E-state index is 12.5. The molecular formula is C31H47N5O3. The number of hydrogen-bond acceptors (Lipinski definition) is 6. The molecule has 1 aromatic rings. The zero-order chi connectivity index (χ0) is 27.5. The van der Waals surface area contributed by atoms with E-state index in [-0.39, 0.29) is 12.2 Å². The molecule has 0 aromatic heterocycles. The number of amides is 1. The fourth-order valence-electron chi connectivity index (χ4n) is 5.67. The third-order valence-corrected chi connectivity index (χ3v) is 8.13. The van der Waals surface area contributed by atoms with Crippen LogP contribution in [0.5, 0.6) is 0 Å². The number of amidine groups is 1. The molecule has 2 N–H and O–H groups in total. The first kappa shape index (κ1) is 29.3. The van der Waals surface area contributed by atoms with Gasteiger partial charge < -0.3 is 19.9 Å². The molecule has 3 aliphatic heterocycles. The summed E-state index contributed by atoms with van der Waals surface area (Å²) in [5, 5.41) is 3.79. The van der Waals surface area contributed by atoms with Crippen molar-refractivity contribution < 1.29 is 14.4 Å². The Morgan fingerprint density at radius 1 is 1.21 bits per heavy atom. The van der Waals surface area contributed by atoms with E-state index in [2.05, 4.69) is 63.4 Å². The number of likely N-dealkylation sites (tertiary alicyclic amines) is 1. The quantitative estimate of drug-likeness (QED) is 0.132. The average Bonchev–Trinajstić information content (AvgIpc) is 3.33. The van der Waals surface area contributed by atoms with Crippen LogP contribution in [0.1, 0.15) is 70.3 Å². The number of hydrogen-bond donors (Lipinski definition) is 2. The minimum absolute atomic E-state index is 0.362. The van der Waals surface area contributed by atoms with Gasteiger partial charge >= 0.3 is 0 Å². The van der Waals surface area contributed by atoms with E-state index >= 15 is 0 Å². The van der Waals surface area contributed by atoms with Crippen molar-refractivity contribution in [1.82, 2.24) is 15.7 Å². The van der Waals surface area contributed by atoms with Crippen molar-refractivity contribution in [1.29, 1.82) is 0 Å². The molecule has 1 amide bonds. The van der Waals surface area contributed by atoms with E-state index in [1.165, 1.54) is 30.2 Å². The first-order valence-corrected chi connectivity index (χ1v) is 14.8. The van der Waals surface area contributed by atoms with Gasteiger partial charge in [0, 0.05) is 63.6 Å². The number of nitrogens with zero attached hydrogens (tertiary/aromatic N) is 3. The maximum absolute atomic E-state index is 12.5. The number of aliphatic imine (C=N–C) groups is 1. The van der Waals surface area contributed by atoms with Crippen LogP contribution in [-0.4, -0.2) is 68.8 Å². The lowest BCUT2D eigenvalue weighted by atomic mass is 9.96. The molecule has 2 saturated heterocycles. The van der Waals surface area contributed by atoms with Crippen molar-refractivity contribution in [2.24, 2.45) is 10.9 Å². The number of ether oxygens (including phenoxy) is 1. The van der Waals surface area contributed by atoms with Gasteiger partial charge in [-0.2, -0.15) is 0 Å². The molecule has 1 aromatic carbocycles. The minimum Gasteiger partial charge on any atom is -0.371 e. The van der Waals surface area contributed by atoms with Crippen molar-refractivity contribution in [2.45, 2.75) is 71.0 Å². The molecule has 0 saturated carbocycles. The van der Waals surface area contributed by atoms with Crippen molar-refractivity contribution in [3.63, 3.8) is 0 Å². The number of piperidine rings is 1. The molecule has 3 heterocycles. The zero-order valence-electron chi connectivity index (χ0n) is 23.9. The number of fused-ring (bicyclic) bond motifs is 1. The summed E-state index contributed by atoms with van der Waals surface area (Å²) in [6.45, 7) is 15.0. The van der Waals surface area contributed by atoms with Gasteiger partial charge in [0.25, 0.3) is 5.91 Å². The summed E-state index contributed by atoms with van der Waals surface area (Å²) < 4.78 is 5.49. The van der Waals surface area contributed by atoms with Crippen LogP contribution in [0.2, 0.25) is 0 Å². The summed E-state index contributed by atoms with van der Waals surface area (Å²) in [6, 6.07) is 8.93. The molecule has 214 valence electrons. The molecule has 8 nitrogen and oxygen atoms in total. The van der Waals surface area contributed by atoms with Gasteiger partial charge in [0.2, 0.25) is 0 Å². The van der Waals surface area contributed by atoms with Crippen LogP contribution < -0.4 is 15.7 Å². The third kappa shape index (κ3) is 8.40. The largest absolute Gasteiger partial charge is 0.371 e. The van der Waals surface area contributed by atoms with Crippen LogP contribution in [0.25, 0.3) is 0 Å². The molecule has 2 fully saturated rings. The monoisotopic (exact) mass is 537 g/mol. The molecule has 0 aliphatic carbocycles. The zero-order valence-corrected chi connectivity index (χ0v) is 23.9. The second-order valence-electron chi connectivity index (χ2n) is 11.0. The Labute approximate surface area is 234 Å². The number of benzene rings is 1. The fourth-order valence-corrected chi connectivity index (χ4v) is 5.67. The number of carbonyl (C=O) groups excluding carboxylic acids is 1. The van der Waals surface area contributed by atoms with Gasteiger partial charge in [0.1, 0.15) is 5.84 Å². The van der Waals surface area contributed by atoms with Crippen LogP contribution in [0.15, 0.2) is 53.7 Å². The number of rotatable bonds is 12. The van der Waals surface area contributed by atoms with E-state index in [1.54, 1.807) is 6.20 Å². The Hall–Kier alpha value is -2.68. The van der Waals surface area contributed by atoms with E-state index in [1.807, 2.05) is 6.92 Å². The normalized spacial score (nSPS) is 22.6. The summed E-state index contributed by atoms with van der Waals surface area (Å²) in [4.78, 5) is 27.3. The maximum Gasteiger partial charge on any atom is 0.276 e. The highest BCUT2D eigenvalue weighted by molar-refractivity contribution is 5.95. The molecule has 2 atom stereocenters. The summed E-state index contributed by atoms with van der Waals surface area (Å²) in [6.07, 6.45) is 10.3. The summed E-state index contributed by atoms with van der Waals surface area (Å²) in [7, 11) is 0. The average molecular weight is 538 g/mol. The van der Waals surface area contributed by atoms with Gasteiger partial charge in [0.15, 0.2) is 6.29 Å². The molecule has 2 unspecified atom stereocenters. The summed E-state index contributed by atoms with van der Waals surface area (Å²) in [5.74, 6) is 1.79. The first-order valence-electron chi connectivity index (χ1n) is 14.8. The lowest BCUT2D eigenvalue weighted by Gasteiger charge is -2.33. The Bertz CT molecular complexity index is 996. The van der Waals surface area contributed by atoms with Crippen molar-refractivity contribution in [3.8, 4) is 0 Å². The number of unbranched alkanes of at least 4 members (excludes halogenated alkanes) is 1. The second kappa shape index (κ2) is 15.2. The molecule has 0 bridgehead atoms. The molecule has 8 heteroatoms. The van der Waals surface area contributed by atoms with E-state index in [9.17, 15) is 4.79 Å². The van der Waals surface area contributed by atoms with Crippen molar-refractivity contribution in [3.05, 3.63) is 54.3 Å². The Kier molecular flexibility index (Phi) is 11.4. The highest BCUT2D eigenvalue weighted by Gasteiger charge is 2.28. The van der Waals surface area contributed by atoms with Crippen molar-refractivity contribution >= 4 is 17.4 Å². The van der Waals surface area contributed by atoms with Gasteiger partial charge in [-0.05, 0) is 63.1 Å². The van der Waals surface area contributed by atoms with E-state index in [4.69, 9.17) is 9.57 Å². The predicted octanol–water partition coefficient (Wildman–Crippen LogP) is 4.75. The van der Waals surface area contributed by atoms with E-state index in [0.717, 1.165) is 77.2 Å². The molecular weight excluding hydrogens is 490 g/mol. The number of hydroxylamine groups is 1. The van der Waals surface area contributed by atoms with E-state index < -0.39 is 0 Å². The highest BCUT2D eigenvalue weighted by atomic mass is 16.8. The Balaban J connectivity index is 1.18. The lowest BCUT2D eigenvalue weighted by molar-refractivity contribution is -0.198. The predicted molar refractivity (Wildman–Crippen MR) is 158 cm³/mol. The van der Waals surface area contributed by atoms with Gasteiger partial charge in [-0.1, -0.05) is 44.2 Å². The molecule has 0 radical (unpaired) electrons. The highest BCUT2D eigenvalue weighted by Crippen LogP contribution is 2.35. The van der Waals surface area contributed by atoms with Crippen LogP contribution in [0.4, 0.5) is 5.69 Å². The lowest BCUT2D eigenvalue weighted by Crippen LogP contribution is -2.40. The van der Waals surface area contributed by atoms with Crippen LogP contribution in [0.3, 0.4) is 0 Å². The number of para-hydroxylation sites is 1. The van der Waals surface area contributed by atoms with E-state index in [0.29, 0.717) is 24.0 Å². The smallest absolute Gasteiger partial charge is 0.276 e. The van der Waals surface area contributed by atoms with Gasteiger partial charge in [-0.15, -0.1) is 0 Å². The fraction of sp³-hybridized carbons (Fsp3) is 0.613. The Morgan fingerprint density at radius 2 is 2.03 bits per heavy atom. The standard InChI is InChI=1S/C31H47N5O3/c1-4-6-16-36-23-27(28-11-7-8-12-29(28)36)21-32-20-25-14-17-35(18-15-25)24(3)33-22-26(5-2)31(37)34-39-30-13-9-10-19-38-30/h5,7-8,11-12,22,25,27,30,32H,2,4,6,9-10,13-21,23H2,1,3H3,(H,34,37)/b26-22+,33-24?. The van der Waals surface area contributed by atoms with Crippen molar-refractivity contribution in [2.75, 3.05) is 50.8 Å². The summed E-state index contributed by atoms with van der Waals surface area (Å²) in [5.41, 5.74) is 5.77. The molecule has 0 spiro atoms. The SMILES string of the molecule is C=C/C(=C\N=C(C)N1CCC(CNCC2CN(CCCC)c3ccccc32)CC1)C(=O)NOC1CCCCO1. The topological polar surface area (TPSA) is 78.4 Å². The number of carbonyl (C=O) groups is 1. The van der Waals surface area contributed by atoms with Crippen LogP contribution in [0, 0.1) is 5.92 Å². The molecule has 4 rings (SSSR count). The number of anilines is 1. The van der Waals surface area contributed by atoms with Crippen LogP contribution >= 0.6 is 0 Å². The van der Waals surface area contributed by atoms with Crippen LogP contribution in [-0.2, 0) is 14.4 Å². The van der Waals surface area contributed by atoms with Gasteiger partial charge in [-0.25, -0.2) is 15.3 Å². The summed E-state index contributed by atoms with van der Waals surface area (Å²) >= 11 is 0. The number of nitrogens with one attached hydrogen (secondary N) is 2. The molecule has 3 aliphatic rings. The third-order valence-electron chi connectivity index (χ3n) is 8.13. The Morgan fingerprint density at radius 3 is 2.77 bits per heavy atom. The molecule has 39 heavy (non-hydrogen) atoms.